The first-order valence-corrected chi connectivity index (χ1v) is 7.92. The number of nitrogens with zero attached hydrogens (tertiary/aromatic N) is 1. The number of ether oxygens (including phenoxy) is 1. The van der Waals surface area contributed by atoms with Gasteiger partial charge in [0.25, 0.3) is 0 Å². The third-order valence-electron chi connectivity index (χ3n) is 4.53. The van der Waals surface area contributed by atoms with Gasteiger partial charge in [-0.3, -0.25) is 4.90 Å². The van der Waals surface area contributed by atoms with Crippen LogP contribution in [-0.2, 0) is 4.74 Å². The molecule has 1 atom stereocenters. The molecule has 2 fully saturated rings. The highest BCUT2D eigenvalue weighted by atomic mass is 16.5. The van der Waals surface area contributed by atoms with Crippen LogP contribution in [0.2, 0.25) is 0 Å². The molecule has 1 aliphatic heterocycles. The van der Waals surface area contributed by atoms with Crippen LogP contribution in [0.3, 0.4) is 0 Å². The third kappa shape index (κ3) is 4.52. The zero-order valence-electron chi connectivity index (χ0n) is 12.0. The Morgan fingerprint density at radius 2 is 2.06 bits per heavy atom. The van der Waals surface area contributed by atoms with E-state index in [0.29, 0.717) is 6.04 Å². The molecule has 1 heterocycles. The normalized spacial score (nSPS) is 27.5. The number of rotatable bonds is 6. The number of likely N-dealkylation sites (N-methyl/N-ethyl adjacent to an activating group) is 1. The Morgan fingerprint density at radius 1 is 1.22 bits per heavy atom. The van der Waals surface area contributed by atoms with Gasteiger partial charge >= 0.3 is 0 Å². The van der Waals surface area contributed by atoms with E-state index in [4.69, 9.17) is 4.74 Å². The predicted octanol–water partition coefficient (Wildman–Crippen LogP) is 2.27. The topological polar surface area (TPSA) is 24.5 Å². The Labute approximate surface area is 112 Å². The highest BCUT2D eigenvalue weighted by molar-refractivity contribution is 4.78. The Bertz CT molecular complexity index is 217. The lowest BCUT2D eigenvalue weighted by atomic mass is 9.87. The summed E-state index contributed by atoms with van der Waals surface area (Å²) >= 11 is 0. The van der Waals surface area contributed by atoms with Gasteiger partial charge in [0.2, 0.25) is 0 Å². The molecule has 1 saturated carbocycles. The smallest absolute Gasteiger partial charge is 0.0634 e. The summed E-state index contributed by atoms with van der Waals surface area (Å²) in [6.07, 6.45) is 8.76. The van der Waals surface area contributed by atoms with E-state index in [-0.39, 0.29) is 0 Å². The first-order valence-electron chi connectivity index (χ1n) is 7.92. The van der Waals surface area contributed by atoms with E-state index >= 15 is 0 Å². The minimum Gasteiger partial charge on any atom is -0.378 e. The number of hydrogen-bond donors (Lipinski definition) is 1. The summed E-state index contributed by atoms with van der Waals surface area (Å²) in [6, 6.07) is 0.599. The Morgan fingerprint density at radius 3 is 2.83 bits per heavy atom. The van der Waals surface area contributed by atoms with Crippen molar-refractivity contribution in [2.45, 2.75) is 51.5 Å². The number of morpholine rings is 1. The lowest BCUT2D eigenvalue weighted by Crippen LogP contribution is -2.50. The van der Waals surface area contributed by atoms with Crippen LogP contribution >= 0.6 is 0 Å². The van der Waals surface area contributed by atoms with Gasteiger partial charge in [0, 0.05) is 19.1 Å². The van der Waals surface area contributed by atoms with Gasteiger partial charge in [0.1, 0.15) is 0 Å². The minimum absolute atomic E-state index is 0.599. The summed E-state index contributed by atoms with van der Waals surface area (Å²) < 4.78 is 5.62. The monoisotopic (exact) mass is 254 g/mol. The maximum Gasteiger partial charge on any atom is 0.0634 e. The van der Waals surface area contributed by atoms with Crippen molar-refractivity contribution in [3.8, 4) is 0 Å². The van der Waals surface area contributed by atoms with Gasteiger partial charge in [-0.25, -0.2) is 0 Å². The van der Waals surface area contributed by atoms with E-state index in [2.05, 4.69) is 17.1 Å². The lowest BCUT2D eigenvalue weighted by Gasteiger charge is -2.36. The number of nitrogens with one attached hydrogen (secondary N) is 1. The fourth-order valence-electron chi connectivity index (χ4n) is 3.31. The Kier molecular flexibility index (Phi) is 6.46. The van der Waals surface area contributed by atoms with Crippen LogP contribution in [0, 0.1) is 5.92 Å². The van der Waals surface area contributed by atoms with E-state index in [9.17, 15) is 0 Å². The molecule has 1 unspecified atom stereocenters. The predicted molar refractivity (Wildman–Crippen MR) is 75.9 cm³/mol. The van der Waals surface area contributed by atoms with Crippen molar-refractivity contribution < 1.29 is 4.74 Å². The average molecular weight is 254 g/mol. The molecule has 1 saturated heterocycles. The molecule has 0 aromatic heterocycles. The highest BCUT2D eigenvalue weighted by Crippen LogP contribution is 2.26. The first kappa shape index (κ1) is 14.3. The van der Waals surface area contributed by atoms with Crippen LogP contribution in [0.5, 0.6) is 0 Å². The van der Waals surface area contributed by atoms with Gasteiger partial charge in [-0.1, -0.05) is 39.0 Å². The molecule has 0 spiro atoms. The largest absolute Gasteiger partial charge is 0.378 e. The van der Waals surface area contributed by atoms with Gasteiger partial charge in [0.05, 0.1) is 13.2 Å². The molecule has 0 aromatic rings. The summed E-state index contributed by atoms with van der Waals surface area (Å²) in [5, 5.41) is 3.46. The Balaban J connectivity index is 1.70. The van der Waals surface area contributed by atoms with Crippen LogP contribution in [0.15, 0.2) is 0 Å². The second-order valence-electron chi connectivity index (χ2n) is 5.87. The summed E-state index contributed by atoms with van der Waals surface area (Å²) in [4.78, 5) is 2.65. The van der Waals surface area contributed by atoms with E-state index in [1.165, 1.54) is 45.1 Å². The lowest BCUT2D eigenvalue weighted by molar-refractivity contribution is -0.00941. The summed E-state index contributed by atoms with van der Waals surface area (Å²) in [6.45, 7) is 8.57. The van der Waals surface area contributed by atoms with Gasteiger partial charge < -0.3 is 10.1 Å². The maximum atomic E-state index is 5.62. The Hall–Kier alpha value is -0.120. The van der Waals surface area contributed by atoms with Gasteiger partial charge in [-0.05, 0) is 25.4 Å². The molecule has 1 N–H and O–H groups in total. The molecule has 2 rings (SSSR count). The SMILES string of the molecule is CCNCC1COCCN1CCC1CCCCC1. The van der Waals surface area contributed by atoms with E-state index in [1.807, 2.05) is 0 Å². The first-order chi connectivity index (χ1) is 8.90. The zero-order valence-corrected chi connectivity index (χ0v) is 12.0. The van der Waals surface area contributed by atoms with Crippen LogP contribution in [0.25, 0.3) is 0 Å². The second kappa shape index (κ2) is 8.13. The quantitative estimate of drug-likeness (QED) is 0.787. The van der Waals surface area contributed by atoms with E-state index < -0.39 is 0 Å². The molecule has 2 aliphatic rings. The van der Waals surface area contributed by atoms with Crippen LogP contribution in [0.1, 0.15) is 45.4 Å². The molecule has 1 aliphatic carbocycles. The number of hydrogen-bond acceptors (Lipinski definition) is 3. The fourth-order valence-corrected chi connectivity index (χ4v) is 3.31. The molecule has 18 heavy (non-hydrogen) atoms. The van der Waals surface area contributed by atoms with Crippen molar-refractivity contribution in [2.75, 3.05) is 39.4 Å². The van der Waals surface area contributed by atoms with Crippen molar-refractivity contribution in [1.82, 2.24) is 10.2 Å². The summed E-state index contributed by atoms with van der Waals surface area (Å²) in [7, 11) is 0. The van der Waals surface area contributed by atoms with Crippen molar-refractivity contribution in [2.24, 2.45) is 5.92 Å². The molecular formula is C15H30N2O. The van der Waals surface area contributed by atoms with Crippen molar-refractivity contribution >= 4 is 0 Å². The second-order valence-corrected chi connectivity index (χ2v) is 5.87. The summed E-state index contributed by atoms with van der Waals surface area (Å²) in [5.41, 5.74) is 0. The molecule has 3 nitrogen and oxygen atoms in total. The highest BCUT2D eigenvalue weighted by Gasteiger charge is 2.23. The third-order valence-corrected chi connectivity index (χ3v) is 4.53. The zero-order chi connectivity index (χ0) is 12.6. The fraction of sp³-hybridized carbons (Fsp3) is 1.00. The minimum atomic E-state index is 0.599. The molecule has 0 bridgehead atoms. The summed E-state index contributed by atoms with van der Waals surface area (Å²) in [5.74, 6) is 1.00. The molecule has 0 amide bonds. The van der Waals surface area contributed by atoms with Crippen molar-refractivity contribution in [3.05, 3.63) is 0 Å². The molecule has 3 heteroatoms. The van der Waals surface area contributed by atoms with Crippen LogP contribution in [0.4, 0.5) is 0 Å². The molecular weight excluding hydrogens is 224 g/mol. The molecule has 106 valence electrons. The maximum absolute atomic E-state index is 5.62. The van der Waals surface area contributed by atoms with Crippen LogP contribution in [-0.4, -0.2) is 50.3 Å². The van der Waals surface area contributed by atoms with Gasteiger partial charge in [-0.15, -0.1) is 0 Å². The van der Waals surface area contributed by atoms with E-state index in [1.54, 1.807) is 0 Å². The van der Waals surface area contributed by atoms with Crippen LogP contribution < -0.4 is 5.32 Å². The van der Waals surface area contributed by atoms with E-state index in [0.717, 1.165) is 38.8 Å². The van der Waals surface area contributed by atoms with Crippen molar-refractivity contribution in [3.63, 3.8) is 0 Å². The standard InChI is InChI=1S/C15H30N2O/c1-2-16-12-15-13-18-11-10-17(15)9-8-14-6-4-3-5-7-14/h14-16H,2-13H2,1H3. The molecule has 0 radical (unpaired) electrons. The average Bonchev–Trinajstić information content (AvgIpc) is 2.45. The van der Waals surface area contributed by atoms with Crippen molar-refractivity contribution in [1.29, 1.82) is 0 Å². The molecule has 0 aromatic carbocycles. The van der Waals surface area contributed by atoms with Gasteiger partial charge in [0.15, 0.2) is 0 Å². The van der Waals surface area contributed by atoms with Gasteiger partial charge in [-0.2, -0.15) is 0 Å².